The minimum Gasteiger partial charge on any atom is -0.478 e. The summed E-state index contributed by atoms with van der Waals surface area (Å²) in [7, 11) is 0. The maximum atomic E-state index is 10.7. The zero-order chi connectivity index (χ0) is 15.6. The van der Waals surface area contributed by atoms with Crippen LogP contribution < -0.4 is 4.74 Å². The number of benzene rings is 1. The first-order valence-electron chi connectivity index (χ1n) is 6.24. The molecule has 0 saturated carbocycles. The number of aliphatic hydroxyl groups is 4. The van der Waals surface area contributed by atoms with Crippen LogP contribution in [0.25, 0.3) is 0 Å². The summed E-state index contributed by atoms with van der Waals surface area (Å²) in [5.41, 5.74) is 0.0659. The minimum atomic E-state index is -1.53. The lowest BCUT2D eigenvalue weighted by molar-refractivity contribution is -0.277. The number of carboxylic acid groups (broad SMARTS) is 1. The zero-order valence-corrected chi connectivity index (χ0v) is 10.9. The Labute approximate surface area is 119 Å². The summed E-state index contributed by atoms with van der Waals surface area (Å²) in [6.07, 6.45) is -6.86. The average molecular weight is 300 g/mol. The summed E-state index contributed by atoms with van der Waals surface area (Å²) in [5.74, 6) is -0.876. The molecule has 2 rings (SSSR count). The lowest BCUT2D eigenvalue weighted by Crippen LogP contribution is -2.60. The second kappa shape index (κ2) is 6.37. The van der Waals surface area contributed by atoms with Crippen LogP contribution in [0.2, 0.25) is 0 Å². The highest BCUT2D eigenvalue weighted by Gasteiger charge is 2.44. The predicted octanol–water partition coefficient (Wildman–Crippen LogP) is -1.44. The van der Waals surface area contributed by atoms with Crippen LogP contribution in [0.1, 0.15) is 10.4 Å². The van der Waals surface area contributed by atoms with Crippen molar-refractivity contribution in [1.82, 2.24) is 0 Å². The minimum absolute atomic E-state index is 0.0659. The number of hydrogen-bond acceptors (Lipinski definition) is 7. The molecule has 0 unspecified atom stereocenters. The molecule has 1 aliphatic heterocycles. The molecular formula is C13H16O8. The van der Waals surface area contributed by atoms with Gasteiger partial charge < -0.3 is 35.0 Å². The predicted molar refractivity (Wildman–Crippen MR) is 67.8 cm³/mol. The number of aromatic carboxylic acids is 1. The molecule has 0 aliphatic carbocycles. The normalized spacial score (nSPS) is 32.7. The Bertz CT molecular complexity index is 485. The fourth-order valence-corrected chi connectivity index (χ4v) is 1.97. The van der Waals surface area contributed by atoms with Crippen LogP contribution in [0.5, 0.6) is 5.75 Å². The Morgan fingerprint density at radius 2 is 1.71 bits per heavy atom. The largest absolute Gasteiger partial charge is 0.478 e. The van der Waals surface area contributed by atoms with Crippen LogP contribution in [-0.4, -0.2) is 68.8 Å². The van der Waals surface area contributed by atoms with Gasteiger partial charge in [-0.3, -0.25) is 0 Å². The van der Waals surface area contributed by atoms with Crippen molar-refractivity contribution in [3.63, 3.8) is 0 Å². The number of hydrogen-bond donors (Lipinski definition) is 5. The van der Waals surface area contributed by atoms with E-state index in [1.54, 1.807) is 0 Å². The first-order valence-corrected chi connectivity index (χ1v) is 6.24. The van der Waals surface area contributed by atoms with Gasteiger partial charge >= 0.3 is 5.97 Å². The maximum absolute atomic E-state index is 10.7. The highest BCUT2D eigenvalue weighted by molar-refractivity contribution is 5.87. The summed E-state index contributed by atoms with van der Waals surface area (Å²) in [6, 6.07) is 5.35. The molecule has 1 heterocycles. The van der Waals surface area contributed by atoms with E-state index >= 15 is 0 Å². The Morgan fingerprint density at radius 3 is 2.24 bits per heavy atom. The molecule has 5 atom stereocenters. The molecule has 8 nitrogen and oxygen atoms in total. The van der Waals surface area contributed by atoms with Gasteiger partial charge in [-0.1, -0.05) is 0 Å². The molecule has 0 bridgehead atoms. The van der Waals surface area contributed by atoms with Crippen LogP contribution in [0.4, 0.5) is 0 Å². The number of aliphatic hydroxyl groups excluding tert-OH is 4. The third-order valence-electron chi connectivity index (χ3n) is 3.20. The van der Waals surface area contributed by atoms with E-state index in [4.69, 9.17) is 19.7 Å². The average Bonchev–Trinajstić information content (AvgIpc) is 2.48. The van der Waals surface area contributed by atoms with Gasteiger partial charge in [0.15, 0.2) is 0 Å². The van der Waals surface area contributed by atoms with Gasteiger partial charge in [0.2, 0.25) is 6.29 Å². The van der Waals surface area contributed by atoms with Gasteiger partial charge in [-0.15, -0.1) is 0 Å². The standard InChI is InChI=1S/C13H16O8/c14-5-8-9(15)10(16)11(17)13(21-8)20-7-3-1-6(2-4-7)12(18)19/h1-4,8-11,13-17H,5H2,(H,18,19)/t8-,9+,10+,11-,13-/m1/s1. The summed E-state index contributed by atoms with van der Waals surface area (Å²) in [4.78, 5) is 10.7. The first kappa shape index (κ1) is 15.7. The third kappa shape index (κ3) is 3.31. The van der Waals surface area contributed by atoms with Crippen molar-refractivity contribution in [1.29, 1.82) is 0 Å². The Morgan fingerprint density at radius 1 is 1.10 bits per heavy atom. The van der Waals surface area contributed by atoms with Crippen molar-refractivity contribution in [3.05, 3.63) is 29.8 Å². The molecule has 1 aromatic rings. The molecule has 1 saturated heterocycles. The lowest BCUT2D eigenvalue weighted by Gasteiger charge is -2.39. The SMILES string of the molecule is O=C(O)c1ccc(O[C@@H]2O[C@H](CO)[C@H](O)[C@H](O)[C@H]2O)cc1. The molecule has 8 heteroatoms. The summed E-state index contributed by atoms with van der Waals surface area (Å²) in [5, 5.41) is 46.9. The molecular weight excluding hydrogens is 284 g/mol. The van der Waals surface area contributed by atoms with E-state index < -0.39 is 43.3 Å². The van der Waals surface area contributed by atoms with Crippen molar-refractivity contribution >= 4 is 5.97 Å². The van der Waals surface area contributed by atoms with Gasteiger partial charge in [-0.2, -0.15) is 0 Å². The zero-order valence-electron chi connectivity index (χ0n) is 10.9. The molecule has 116 valence electrons. The summed E-state index contributed by atoms with van der Waals surface area (Å²) in [6.45, 7) is -0.553. The smallest absolute Gasteiger partial charge is 0.335 e. The Hall–Kier alpha value is -1.71. The van der Waals surface area contributed by atoms with Crippen molar-refractivity contribution < 1.29 is 39.8 Å². The van der Waals surface area contributed by atoms with Gasteiger partial charge in [-0.05, 0) is 24.3 Å². The Kier molecular flexibility index (Phi) is 4.76. The molecule has 0 aromatic heterocycles. The number of carboxylic acids is 1. The molecule has 5 N–H and O–H groups in total. The van der Waals surface area contributed by atoms with E-state index in [2.05, 4.69) is 0 Å². The van der Waals surface area contributed by atoms with Gasteiger partial charge in [0.05, 0.1) is 12.2 Å². The van der Waals surface area contributed by atoms with Gasteiger partial charge in [-0.25, -0.2) is 4.79 Å². The van der Waals surface area contributed by atoms with Crippen molar-refractivity contribution in [2.24, 2.45) is 0 Å². The van der Waals surface area contributed by atoms with Crippen molar-refractivity contribution in [2.75, 3.05) is 6.61 Å². The highest BCUT2D eigenvalue weighted by atomic mass is 16.7. The van der Waals surface area contributed by atoms with Crippen LogP contribution in [0, 0.1) is 0 Å². The fourth-order valence-electron chi connectivity index (χ4n) is 1.97. The topological polar surface area (TPSA) is 137 Å². The number of ether oxygens (including phenoxy) is 2. The molecule has 0 radical (unpaired) electrons. The van der Waals surface area contributed by atoms with E-state index in [0.29, 0.717) is 0 Å². The van der Waals surface area contributed by atoms with E-state index in [0.717, 1.165) is 0 Å². The van der Waals surface area contributed by atoms with Gasteiger partial charge in [0.25, 0.3) is 0 Å². The third-order valence-corrected chi connectivity index (χ3v) is 3.20. The van der Waals surface area contributed by atoms with Crippen LogP contribution in [0.3, 0.4) is 0 Å². The van der Waals surface area contributed by atoms with E-state index in [9.17, 15) is 20.1 Å². The molecule has 0 amide bonds. The van der Waals surface area contributed by atoms with Gasteiger partial charge in [0.1, 0.15) is 30.2 Å². The lowest BCUT2D eigenvalue weighted by atomic mass is 9.99. The quantitative estimate of drug-likeness (QED) is 0.456. The van der Waals surface area contributed by atoms with Crippen molar-refractivity contribution in [3.8, 4) is 5.75 Å². The monoisotopic (exact) mass is 300 g/mol. The highest BCUT2D eigenvalue weighted by Crippen LogP contribution is 2.24. The molecule has 21 heavy (non-hydrogen) atoms. The molecule has 1 aliphatic rings. The number of rotatable bonds is 4. The summed E-state index contributed by atoms with van der Waals surface area (Å²) < 4.78 is 10.5. The van der Waals surface area contributed by atoms with E-state index in [-0.39, 0.29) is 11.3 Å². The van der Waals surface area contributed by atoms with Crippen LogP contribution in [-0.2, 0) is 4.74 Å². The van der Waals surface area contributed by atoms with Crippen LogP contribution in [0.15, 0.2) is 24.3 Å². The van der Waals surface area contributed by atoms with E-state index in [1.165, 1.54) is 24.3 Å². The van der Waals surface area contributed by atoms with E-state index in [1.807, 2.05) is 0 Å². The van der Waals surface area contributed by atoms with Gasteiger partial charge in [0, 0.05) is 0 Å². The molecule has 0 spiro atoms. The summed E-state index contributed by atoms with van der Waals surface area (Å²) >= 11 is 0. The number of carbonyl (C=O) groups is 1. The fraction of sp³-hybridized carbons (Fsp3) is 0.462. The van der Waals surface area contributed by atoms with Crippen molar-refractivity contribution in [2.45, 2.75) is 30.7 Å². The molecule has 1 aromatic carbocycles. The maximum Gasteiger partial charge on any atom is 0.335 e. The molecule has 1 fully saturated rings. The second-order valence-electron chi connectivity index (χ2n) is 4.64. The second-order valence-corrected chi connectivity index (χ2v) is 4.64. The first-order chi connectivity index (χ1) is 9.93. The van der Waals surface area contributed by atoms with Crippen LogP contribution >= 0.6 is 0 Å². The Balaban J connectivity index is 2.08.